The molecule has 1 saturated heterocycles. The van der Waals surface area contributed by atoms with Crippen LogP contribution in [0.25, 0.3) is 4.96 Å². The molecule has 10 heteroatoms. The van der Waals surface area contributed by atoms with Crippen LogP contribution in [0.15, 0.2) is 16.6 Å². The smallest absolute Gasteiger partial charge is 0.263 e. The van der Waals surface area contributed by atoms with Crippen molar-refractivity contribution in [2.24, 2.45) is 5.84 Å². The molecule has 2 unspecified atom stereocenters. The monoisotopic (exact) mass is 347 g/mol. The highest BCUT2D eigenvalue weighted by molar-refractivity contribution is 8.00. The summed E-state index contributed by atoms with van der Waals surface area (Å²) in [5.74, 6) is 5.64. The molecule has 2 aromatic rings. The average Bonchev–Trinajstić information content (AvgIpc) is 2.96. The first kappa shape index (κ1) is 15.1. The van der Waals surface area contributed by atoms with Gasteiger partial charge in [0.1, 0.15) is 0 Å². The Kier molecular flexibility index (Phi) is 3.91. The number of rotatable bonds is 3. The third kappa shape index (κ3) is 2.55. The number of hydrogen-bond acceptors (Lipinski definition) is 7. The van der Waals surface area contributed by atoms with Crippen LogP contribution in [0.4, 0.5) is 5.82 Å². The summed E-state index contributed by atoms with van der Waals surface area (Å²) in [4.78, 5) is 4.83. The Morgan fingerprint density at radius 1 is 1.38 bits per heavy atom. The standard InChI is InChI=1S/C11H17N5O2S3/c1-7-5-15(6-8(2)20-7)21(17,18)10-9(14-12)13-11-16(10)3-4-19-11/h3-4,7-8,14H,5-6,12H2,1-2H3. The van der Waals surface area contributed by atoms with E-state index in [1.807, 2.05) is 13.8 Å². The first-order valence-electron chi connectivity index (χ1n) is 6.51. The number of imidazole rings is 1. The van der Waals surface area contributed by atoms with Crippen molar-refractivity contribution < 1.29 is 8.42 Å². The summed E-state index contributed by atoms with van der Waals surface area (Å²) in [7, 11) is -3.64. The predicted octanol–water partition coefficient (Wildman–Crippen LogP) is 1.20. The van der Waals surface area contributed by atoms with Crippen LogP contribution in [0.5, 0.6) is 0 Å². The van der Waals surface area contributed by atoms with E-state index in [9.17, 15) is 8.42 Å². The molecule has 3 heterocycles. The van der Waals surface area contributed by atoms with Crippen LogP contribution in [-0.4, -0.2) is 45.7 Å². The molecule has 3 rings (SSSR count). The number of fused-ring (bicyclic) bond motifs is 1. The predicted molar refractivity (Wildman–Crippen MR) is 86.2 cm³/mol. The summed E-state index contributed by atoms with van der Waals surface area (Å²) in [5, 5.41) is 2.46. The third-order valence-corrected chi connectivity index (χ3v) is 7.17. The highest BCUT2D eigenvalue weighted by atomic mass is 32.2. The average molecular weight is 347 g/mol. The zero-order valence-electron chi connectivity index (χ0n) is 11.7. The van der Waals surface area contributed by atoms with Gasteiger partial charge in [-0.05, 0) is 0 Å². The van der Waals surface area contributed by atoms with E-state index in [-0.39, 0.29) is 21.3 Å². The maximum atomic E-state index is 13.0. The molecule has 116 valence electrons. The Hall–Kier alpha value is -0.810. The molecule has 0 radical (unpaired) electrons. The number of nitrogens with two attached hydrogens (primary N) is 1. The quantitative estimate of drug-likeness (QED) is 0.640. The van der Waals surface area contributed by atoms with Gasteiger partial charge < -0.3 is 5.43 Å². The van der Waals surface area contributed by atoms with Gasteiger partial charge in [-0.3, -0.25) is 4.40 Å². The summed E-state index contributed by atoms with van der Waals surface area (Å²) in [6.07, 6.45) is 1.70. The van der Waals surface area contributed by atoms with Gasteiger partial charge in [0, 0.05) is 35.2 Å². The molecule has 1 aliphatic heterocycles. The maximum Gasteiger partial charge on any atom is 0.263 e. The van der Waals surface area contributed by atoms with Gasteiger partial charge in [-0.15, -0.1) is 11.3 Å². The fourth-order valence-corrected chi connectivity index (χ4v) is 6.67. The molecule has 0 bridgehead atoms. The molecular formula is C11H17N5O2S3. The van der Waals surface area contributed by atoms with Gasteiger partial charge in [0.05, 0.1) is 0 Å². The summed E-state index contributed by atoms with van der Waals surface area (Å²) < 4.78 is 29.1. The Balaban J connectivity index is 2.09. The molecule has 1 fully saturated rings. The molecule has 2 atom stereocenters. The van der Waals surface area contributed by atoms with Crippen LogP contribution < -0.4 is 11.3 Å². The van der Waals surface area contributed by atoms with Gasteiger partial charge in [0.15, 0.2) is 10.8 Å². The van der Waals surface area contributed by atoms with E-state index in [0.29, 0.717) is 18.1 Å². The van der Waals surface area contributed by atoms with Crippen molar-refractivity contribution in [3.63, 3.8) is 0 Å². The minimum atomic E-state index is -3.64. The Morgan fingerprint density at radius 2 is 2.05 bits per heavy atom. The first-order valence-corrected chi connectivity index (χ1v) is 9.77. The number of thiazole rings is 1. The van der Waals surface area contributed by atoms with Crippen LogP contribution in [0.1, 0.15) is 13.8 Å². The molecule has 7 nitrogen and oxygen atoms in total. The van der Waals surface area contributed by atoms with Crippen molar-refractivity contribution in [3.05, 3.63) is 11.6 Å². The molecule has 0 spiro atoms. The van der Waals surface area contributed by atoms with Crippen molar-refractivity contribution in [2.75, 3.05) is 18.5 Å². The van der Waals surface area contributed by atoms with Gasteiger partial charge >= 0.3 is 0 Å². The molecule has 0 saturated carbocycles. The van der Waals surface area contributed by atoms with Crippen molar-refractivity contribution in [3.8, 4) is 0 Å². The number of aromatic nitrogens is 2. The van der Waals surface area contributed by atoms with Crippen LogP contribution in [0, 0.1) is 0 Å². The summed E-state index contributed by atoms with van der Waals surface area (Å²) in [6, 6.07) is 0. The summed E-state index contributed by atoms with van der Waals surface area (Å²) >= 11 is 3.18. The lowest BCUT2D eigenvalue weighted by Crippen LogP contribution is -2.44. The molecule has 1 aliphatic rings. The third-order valence-electron chi connectivity index (χ3n) is 3.33. The lowest BCUT2D eigenvalue weighted by molar-refractivity contribution is 0.403. The minimum absolute atomic E-state index is 0.118. The number of nitrogens with zero attached hydrogens (tertiary/aromatic N) is 3. The van der Waals surface area contributed by atoms with Gasteiger partial charge in [-0.25, -0.2) is 14.3 Å². The number of hydrogen-bond donors (Lipinski definition) is 2. The summed E-state index contributed by atoms with van der Waals surface area (Å²) in [6.45, 7) is 5.08. The second kappa shape index (κ2) is 5.43. The summed E-state index contributed by atoms with van der Waals surface area (Å²) in [5.41, 5.74) is 2.40. The SMILES string of the molecule is CC1CN(S(=O)(=O)c2c(NN)nc3sccn23)CC(C)S1. The zero-order chi connectivity index (χ0) is 15.2. The number of nitrogens with one attached hydrogen (secondary N) is 1. The highest BCUT2D eigenvalue weighted by Gasteiger charge is 2.36. The minimum Gasteiger partial charge on any atom is -0.306 e. The van der Waals surface area contributed by atoms with Crippen LogP contribution in [-0.2, 0) is 10.0 Å². The van der Waals surface area contributed by atoms with Gasteiger partial charge in [-0.1, -0.05) is 13.8 Å². The van der Waals surface area contributed by atoms with E-state index < -0.39 is 10.0 Å². The van der Waals surface area contributed by atoms with Gasteiger partial charge in [0.2, 0.25) is 5.03 Å². The molecule has 21 heavy (non-hydrogen) atoms. The van der Waals surface area contributed by atoms with Gasteiger partial charge in [0.25, 0.3) is 10.0 Å². The lowest BCUT2D eigenvalue weighted by Gasteiger charge is -2.33. The molecule has 0 aliphatic carbocycles. The first-order chi connectivity index (χ1) is 9.93. The van der Waals surface area contributed by atoms with Crippen molar-refractivity contribution in [1.29, 1.82) is 0 Å². The van der Waals surface area contributed by atoms with E-state index >= 15 is 0 Å². The van der Waals surface area contributed by atoms with Crippen LogP contribution in [0.3, 0.4) is 0 Å². The molecule has 3 N–H and O–H groups in total. The Labute approximate surface area is 131 Å². The van der Waals surface area contributed by atoms with Gasteiger partial charge in [-0.2, -0.15) is 21.1 Å². The topological polar surface area (TPSA) is 92.7 Å². The van der Waals surface area contributed by atoms with Crippen LogP contribution >= 0.6 is 23.1 Å². The fraction of sp³-hybridized carbons (Fsp3) is 0.545. The Morgan fingerprint density at radius 3 is 2.67 bits per heavy atom. The van der Waals surface area contributed by atoms with E-state index in [1.165, 1.54) is 15.6 Å². The molecule has 2 aromatic heterocycles. The number of sulfonamides is 1. The molecule has 0 aromatic carbocycles. The number of nitrogen functional groups attached to an aromatic ring is 1. The van der Waals surface area contributed by atoms with E-state index in [0.717, 1.165) is 0 Å². The molecular weight excluding hydrogens is 330 g/mol. The number of thioether (sulfide) groups is 1. The number of hydrazine groups is 1. The lowest BCUT2D eigenvalue weighted by atomic mass is 10.4. The normalized spacial score (nSPS) is 24.5. The Bertz CT molecular complexity index is 743. The van der Waals surface area contributed by atoms with E-state index in [2.05, 4.69) is 10.4 Å². The second-order valence-corrected chi connectivity index (χ2v) is 9.65. The molecule has 0 amide bonds. The van der Waals surface area contributed by atoms with E-state index in [4.69, 9.17) is 5.84 Å². The highest BCUT2D eigenvalue weighted by Crippen LogP contribution is 2.32. The van der Waals surface area contributed by atoms with Crippen molar-refractivity contribution >= 4 is 43.9 Å². The van der Waals surface area contributed by atoms with Crippen LogP contribution in [0.2, 0.25) is 0 Å². The van der Waals surface area contributed by atoms with E-state index in [1.54, 1.807) is 27.7 Å². The van der Waals surface area contributed by atoms with Crippen molar-refractivity contribution in [2.45, 2.75) is 29.4 Å². The maximum absolute atomic E-state index is 13.0. The second-order valence-electron chi connectivity index (χ2n) is 5.04. The largest absolute Gasteiger partial charge is 0.306 e. The number of anilines is 1. The van der Waals surface area contributed by atoms with Crippen molar-refractivity contribution in [1.82, 2.24) is 13.7 Å². The fourth-order valence-electron chi connectivity index (χ4n) is 2.55. The zero-order valence-corrected chi connectivity index (χ0v) is 14.1.